The molecule has 1 fully saturated rings. The molecular formula is C17H29N3O. The summed E-state index contributed by atoms with van der Waals surface area (Å²) in [6.07, 6.45) is 0. The van der Waals surface area contributed by atoms with Crippen molar-refractivity contribution in [3.05, 3.63) is 29.1 Å². The Hall–Kier alpha value is -0.970. The van der Waals surface area contributed by atoms with Crippen molar-refractivity contribution >= 4 is 0 Å². The molecule has 21 heavy (non-hydrogen) atoms. The Morgan fingerprint density at radius 1 is 1.10 bits per heavy atom. The monoisotopic (exact) mass is 291 g/mol. The van der Waals surface area contributed by atoms with Gasteiger partial charge in [-0.05, 0) is 18.6 Å². The quantitative estimate of drug-likeness (QED) is 0.918. The molecule has 4 nitrogen and oxygen atoms in total. The molecule has 0 radical (unpaired) electrons. The van der Waals surface area contributed by atoms with E-state index in [-0.39, 0.29) is 12.0 Å². The van der Waals surface area contributed by atoms with E-state index < -0.39 is 0 Å². The van der Waals surface area contributed by atoms with E-state index in [1.807, 2.05) is 0 Å². The molecular weight excluding hydrogens is 262 g/mol. The Balaban J connectivity index is 1.95. The standard InChI is InChI=1S/C17H29N3O/c1-14-15(5-6-16(18-14)17(2,3)4)13-20-9-7-19(8-10-20)11-12-21/h5-6,21H,7-13H2,1-4H3. The largest absolute Gasteiger partial charge is 0.395 e. The van der Waals surface area contributed by atoms with Crippen LogP contribution in [0.5, 0.6) is 0 Å². The molecule has 2 rings (SSSR count). The van der Waals surface area contributed by atoms with E-state index in [0.717, 1.165) is 50.7 Å². The Labute approximate surface area is 128 Å². The van der Waals surface area contributed by atoms with Gasteiger partial charge in [-0.2, -0.15) is 0 Å². The van der Waals surface area contributed by atoms with Crippen LogP contribution in [0.4, 0.5) is 0 Å². The Morgan fingerprint density at radius 3 is 2.24 bits per heavy atom. The Kier molecular flexibility index (Phi) is 5.36. The van der Waals surface area contributed by atoms with Gasteiger partial charge < -0.3 is 5.11 Å². The molecule has 1 N–H and O–H groups in total. The molecule has 2 heterocycles. The predicted molar refractivity (Wildman–Crippen MR) is 86.5 cm³/mol. The molecule has 0 aromatic carbocycles. The lowest BCUT2D eigenvalue weighted by Gasteiger charge is -2.34. The summed E-state index contributed by atoms with van der Waals surface area (Å²) >= 11 is 0. The molecule has 1 aliphatic heterocycles. The van der Waals surface area contributed by atoms with Gasteiger partial charge in [-0.15, -0.1) is 0 Å². The van der Waals surface area contributed by atoms with E-state index in [9.17, 15) is 0 Å². The van der Waals surface area contributed by atoms with E-state index >= 15 is 0 Å². The molecule has 1 saturated heterocycles. The fourth-order valence-corrected chi connectivity index (χ4v) is 2.73. The van der Waals surface area contributed by atoms with Crippen LogP contribution in [0.15, 0.2) is 12.1 Å². The topological polar surface area (TPSA) is 39.6 Å². The minimum absolute atomic E-state index is 0.110. The van der Waals surface area contributed by atoms with Crippen LogP contribution >= 0.6 is 0 Å². The zero-order valence-electron chi connectivity index (χ0n) is 13.9. The number of aryl methyl sites for hydroxylation is 1. The number of rotatable bonds is 4. The van der Waals surface area contributed by atoms with E-state index in [1.165, 1.54) is 5.56 Å². The third-order valence-electron chi connectivity index (χ3n) is 4.24. The number of aliphatic hydroxyl groups is 1. The van der Waals surface area contributed by atoms with Gasteiger partial charge in [0.15, 0.2) is 0 Å². The molecule has 0 saturated carbocycles. The van der Waals surface area contributed by atoms with Gasteiger partial charge in [0.05, 0.1) is 6.61 Å². The summed E-state index contributed by atoms with van der Waals surface area (Å²) in [4.78, 5) is 9.59. The van der Waals surface area contributed by atoms with E-state index in [4.69, 9.17) is 10.1 Å². The average Bonchev–Trinajstić information content (AvgIpc) is 2.42. The third-order valence-corrected chi connectivity index (χ3v) is 4.24. The summed E-state index contributed by atoms with van der Waals surface area (Å²) in [5.74, 6) is 0. The molecule has 4 heteroatoms. The van der Waals surface area contributed by atoms with Crippen molar-refractivity contribution in [2.24, 2.45) is 0 Å². The van der Waals surface area contributed by atoms with Crippen LogP contribution in [-0.4, -0.2) is 59.2 Å². The van der Waals surface area contributed by atoms with Crippen molar-refractivity contribution in [3.8, 4) is 0 Å². The number of β-amino-alcohol motifs (C(OH)–C–C–N with tert-alkyl or cyclic N) is 1. The minimum atomic E-state index is 0.110. The molecule has 1 aliphatic rings. The summed E-state index contributed by atoms with van der Waals surface area (Å²) in [5.41, 5.74) is 3.76. The molecule has 1 aromatic rings. The normalized spacial score (nSPS) is 18.1. The van der Waals surface area contributed by atoms with E-state index in [1.54, 1.807) is 0 Å². The van der Waals surface area contributed by atoms with Crippen molar-refractivity contribution in [2.45, 2.75) is 39.7 Å². The Bertz CT molecular complexity index is 460. The molecule has 0 aliphatic carbocycles. The first-order valence-corrected chi connectivity index (χ1v) is 7.93. The molecule has 1 aromatic heterocycles. The molecule has 0 amide bonds. The second-order valence-electron chi connectivity index (χ2n) is 7.03. The maximum Gasteiger partial charge on any atom is 0.0558 e. The molecule has 0 atom stereocenters. The zero-order valence-corrected chi connectivity index (χ0v) is 13.9. The highest BCUT2D eigenvalue weighted by molar-refractivity contribution is 5.25. The summed E-state index contributed by atoms with van der Waals surface area (Å²) in [5, 5.41) is 8.98. The van der Waals surface area contributed by atoms with Crippen molar-refractivity contribution in [1.82, 2.24) is 14.8 Å². The Morgan fingerprint density at radius 2 is 1.71 bits per heavy atom. The van der Waals surface area contributed by atoms with E-state index in [0.29, 0.717) is 0 Å². The van der Waals surface area contributed by atoms with Crippen LogP contribution in [0.2, 0.25) is 0 Å². The fraction of sp³-hybridized carbons (Fsp3) is 0.706. The molecule has 0 unspecified atom stereocenters. The van der Waals surface area contributed by atoms with Crippen molar-refractivity contribution < 1.29 is 5.11 Å². The number of hydrogen-bond donors (Lipinski definition) is 1. The number of aromatic nitrogens is 1. The number of hydrogen-bond acceptors (Lipinski definition) is 4. The van der Waals surface area contributed by atoms with Crippen LogP contribution in [0.25, 0.3) is 0 Å². The number of piperazine rings is 1. The maximum atomic E-state index is 8.98. The first kappa shape index (κ1) is 16.4. The average molecular weight is 291 g/mol. The first-order valence-electron chi connectivity index (χ1n) is 7.93. The van der Waals surface area contributed by atoms with Gasteiger partial charge in [-0.3, -0.25) is 14.8 Å². The molecule has 0 bridgehead atoms. The van der Waals surface area contributed by atoms with Gasteiger partial charge in [-0.25, -0.2) is 0 Å². The van der Waals surface area contributed by atoms with Crippen LogP contribution in [-0.2, 0) is 12.0 Å². The highest BCUT2D eigenvalue weighted by Crippen LogP contribution is 2.22. The van der Waals surface area contributed by atoms with E-state index in [2.05, 4.69) is 49.6 Å². The van der Waals surface area contributed by atoms with Crippen LogP contribution in [0.1, 0.15) is 37.7 Å². The van der Waals surface area contributed by atoms with Gasteiger partial charge in [0.2, 0.25) is 0 Å². The highest BCUT2D eigenvalue weighted by Gasteiger charge is 2.19. The fourth-order valence-electron chi connectivity index (χ4n) is 2.73. The third kappa shape index (κ3) is 4.50. The van der Waals surface area contributed by atoms with Gasteiger partial charge in [0.25, 0.3) is 0 Å². The first-order chi connectivity index (χ1) is 9.90. The molecule has 0 spiro atoms. The lowest BCUT2D eigenvalue weighted by atomic mass is 9.91. The van der Waals surface area contributed by atoms with Gasteiger partial charge in [-0.1, -0.05) is 26.8 Å². The smallest absolute Gasteiger partial charge is 0.0558 e. The number of pyridine rings is 1. The number of aliphatic hydroxyl groups excluding tert-OH is 1. The summed E-state index contributed by atoms with van der Waals surface area (Å²) < 4.78 is 0. The van der Waals surface area contributed by atoms with Crippen molar-refractivity contribution in [3.63, 3.8) is 0 Å². The molecule has 118 valence electrons. The second-order valence-corrected chi connectivity index (χ2v) is 7.03. The SMILES string of the molecule is Cc1nc(C(C)(C)C)ccc1CN1CCN(CCO)CC1. The zero-order chi connectivity index (χ0) is 15.5. The van der Waals surface area contributed by atoms with Crippen LogP contribution in [0, 0.1) is 6.92 Å². The van der Waals surface area contributed by atoms with Crippen LogP contribution in [0.3, 0.4) is 0 Å². The van der Waals surface area contributed by atoms with Crippen LogP contribution < -0.4 is 0 Å². The summed E-state index contributed by atoms with van der Waals surface area (Å²) in [7, 11) is 0. The van der Waals surface area contributed by atoms with Crippen molar-refractivity contribution in [2.75, 3.05) is 39.3 Å². The predicted octanol–water partition coefficient (Wildman–Crippen LogP) is 1.80. The van der Waals surface area contributed by atoms with Gasteiger partial charge >= 0.3 is 0 Å². The summed E-state index contributed by atoms with van der Waals surface area (Å²) in [6, 6.07) is 4.41. The highest BCUT2D eigenvalue weighted by atomic mass is 16.3. The maximum absolute atomic E-state index is 8.98. The lowest BCUT2D eigenvalue weighted by Crippen LogP contribution is -2.46. The van der Waals surface area contributed by atoms with Gasteiger partial charge in [0.1, 0.15) is 0 Å². The van der Waals surface area contributed by atoms with Crippen molar-refractivity contribution in [1.29, 1.82) is 0 Å². The van der Waals surface area contributed by atoms with Gasteiger partial charge in [0, 0.05) is 56.1 Å². The lowest BCUT2D eigenvalue weighted by molar-refractivity contribution is 0.108. The minimum Gasteiger partial charge on any atom is -0.395 e. The second kappa shape index (κ2) is 6.86. The summed E-state index contributed by atoms with van der Waals surface area (Å²) in [6.45, 7) is 15.0. The number of nitrogens with zero attached hydrogens (tertiary/aromatic N) is 3.